The van der Waals surface area contributed by atoms with Crippen LogP contribution >= 0.6 is 0 Å². The minimum absolute atomic E-state index is 0.0587. The Morgan fingerprint density at radius 3 is 2.67 bits per heavy atom. The number of nitrogens with zero attached hydrogens (tertiary/aromatic N) is 3. The van der Waals surface area contributed by atoms with Crippen molar-refractivity contribution in [1.82, 2.24) is 15.0 Å². The molecule has 10 atom stereocenters. The second-order valence-corrected chi connectivity index (χ2v) is 13.6. The van der Waals surface area contributed by atoms with E-state index >= 15 is 0 Å². The third-order valence-electron chi connectivity index (χ3n) is 11.8. The van der Waals surface area contributed by atoms with E-state index in [4.69, 9.17) is 10.8 Å². The number of carboxylic acids is 1. The van der Waals surface area contributed by atoms with E-state index in [1.165, 1.54) is 51.4 Å². The molecule has 0 saturated heterocycles. The first kappa shape index (κ1) is 26.1. The lowest BCUT2D eigenvalue weighted by Crippen LogP contribution is -2.54. The van der Waals surface area contributed by atoms with Crippen LogP contribution in [0.4, 0.5) is 0 Å². The van der Waals surface area contributed by atoms with E-state index in [1.54, 1.807) is 0 Å². The fourth-order valence-corrected chi connectivity index (χ4v) is 9.84. The van der Waals surface area contributed by atoms with Crippen molar-refractivity contribution in [1.29, 1.82) is 0 Å². The molecule has 4 saturated carbocycles. The van der Waals surface area contributed by atoms with Crippen LogP contribution in [0.1, 0.15) is 97.1 Å². The standard InChI is InChI=1S/C29H48N4O3/c1-18(5-4-14-33-17-20(31-32-33)16-26(30)27(35)36)23-8-9-24-22-7-6-19-15-21(34)10-12-28(19,2)25(22)11-13-29(23,24)3/h17-19,21-26,34H,4-16,30H2,1-3H3,(H,35,36)/t18?,19-,21-,22?,23?,24+,25?,26?,28+,29-/m1/s1. The number of fused-ring (bicyclic) bond motifs is 5. The summed E-state index contributed by atoms with van der Waals surface area (Å²) < 4.78 is 1.85. The zero-order valence-electron chi connectivity index (χ0n) is 22.6. The zero-order valence-corrected chi connectivity index (χ0v) is 22.6. The molecule has 0 bridgehead atoms. The number of hydrogen-bond donors (Lipinski definition) is 3. The quantitative estimate of drug-likeness (QED) is 0.478. The van der Waals surface area contributed by atoms with Crippen LogP contribution in [-0.2, 0) is 17.8 Å². The van der Waals surface area contributed by atoms with E-state index in [1.807, 2.05) is 10.9 Å². The number of carboxylic acid groups (broad SMARTS) is 1. The van der Waals surface area contributed by atoms with Gasteiger partial charge >= 0.3 is 5.97 Å². The Labute approximate surface area is 216 Å². The van der Waals surface area contributed by atoms with Crippen LogP contribution < -0.4 is 5.73 Å². The van der Waals surface area contributed by atoms with Crippen molar-refractivity contribution in [3.05, 3.63) is 11.9 Å². The van der Waals surface area contributed by atoms with Gasteiger partial charge in [0.2, 0.25) is 0 Å². The van der Waals surface area contributed by atoms with Crippen LogP contribution in [0, 0.1) is 46.3 Å². The number of carbonyl (C=O) groups is 1. The molecular formula is C29H48N4O3. The van der Waals surface area contributed by atoms with Crippen molar-refractivity contribution in [3.8, 4) is 0 Å². The number of hydrogen-bond acceptors (Lipinski definition) is 5. The van der Waals surface area contributed by atoms with Gasteiger partial charge in [0.25, 0.3) is 0 Å². The number of aliphatic carboxylic acids is 1. The topological polar surface area (TPSA) is 114 Å². The molecule has 1 aromatic heterocycles. The number of nitrogens with two attached hydrogens (primary N) is 1. The number of rotatable bonds is 8. The van der Waals surface area contributed by atoms with Gasteiger partial charge in [-0.15, -0.1) is 5.10 Å². The molecule has 7 heteroatoms. The molecule has 0 amide bonds. The van der Waals surface area contributed by atoms with Gasteiger partial charge in [0.05, 0.1) is 11.8 Å². The third kappa shape index (κ3) is 4.63. The van der Waals surface area contributed by atoms with E-state index in [2.05, 4.69) is 31.1 Å². The fourth-order valence-electron chi connectivity index (χ4n) is 9.84. The molecule has 4 aliphatic rings. The summed E-state index contributed by atoms with van der Waals surface area (Å²) in [6.45, 7) is 8.52. The van der Waals surface area contributed by atoms with Gasteiger partial charge in [-0.25, -0.2) is 0 Å². The molecule has 0 spiro atoms. The zero-order chi connectivity index (χ0) is 25.7. The lowest BCUT2D eigenvalue weighted by molar-refractivity contribution is -0.138. The van der Waals surface area contributed by atoms with Crippen molar-refractivity contribution in [2.75, 3.05) is 0 Å². The Hall–Kier alpha value is -1.47. The fraction of sp³-hybridized carbons (Fsp3) is 0.897. The van der Waals surface area contributed by atoms with Gasteiger partial charge < -0.3 is 15.9 Å². The van der Waals surface area contributed by atoms with Crippen LogP contribution in [0.5, 0.6) is 0 Å². The lowest BCUT2D eigenvalue weighted by atomic mass is 9.44. The minimum Gasteiger partial charge on any atom is -0.480 e. The Morgan fingerprint density at radius 1 is 1.14 bits per heavy atom. The van der Waals surface area contributed by atoms with Gasteiger partial charge in [-0.2, -0.15) is 0 Å². The molecule has 0 aliphatic heterocycles. The predicted molar refractivity (Wildman–Crippen MR) is 139 cm³/mol. The largest absolute Gasteiger partial charge is 0.480 e. The van der Waals surface area contributed by atoms with E-state index < -0.39 is 12.0 Å². The summed E-state index contributed by atoms with van der Waals surface area (Å²) in [4.78, 5) is 11.0. The maximum atomic E-state index is 11.0. The molecular weight excluding hydrogens is 452 g/mol. The highest BCUT2D eigenvalue weighted by Crippen LogP contribution is 2.68. The molecule has 4 fully saturated rings. The molecule has 4 aliphatic carbocycles. The van der Waals surface area contributed by atoms with Crippen LogP contribution in [0.15, 0.2) is 6.20 Å². The number of aliphatic hydroxyl groups excluding tert-OH is 1. The third-order valence-corrected chi connectivity index (χ3v) is 11.8. The van der Waals surface area contributed by atoms with Crippen LogP contribution in [0.2, 0.25) is 0 Å². The van der Waals surface area contributed by atoms with Crippen LogP contribution in [-0.4, -0.2) is 43.3 Å². The molecule has 1 aromatic rings. The summed E-state index contributed by atoms with van der Waals surface area (Å²) in [5.41, 5.74) is 7.22. The highest BCUT2D eigenvalue weighted by molar-refractivity contribution is 5.73. The van der Waals surface area contributed by atoms with Crippen molar-refractivity contribution in [2.45, 2.75) is 117 Å². The second kappa shape index (κ2) is 10.0. The molecule has 5 unspecified atom stereocenters. The minimum atomic E-state index is -1.00. The summed E-state index contributed by atoms with van der Waals surface area (Å²) >= 11 is 0. The highest BCUT2D eigenvalue weighted by Gasteiger charge is 2.60. The lowest BCUT2D eigenvalue weighted by Gasteiger charge is -2.61. The SMILES string of the molecule is CC(CCCn1cc(CC(N)C(=O)O)nn1)C1CC[C@H]2C3CC[C@@H]4C[C@H](O)CC[C@]4(C)C3CC[C@]12C. The summed E-state index contributed by atoms with van der Waals surface area (Å²) in [7, 11) is 0. The molecule has 36 heavy (non-hydrogen) atoms. The van der Waals surface area contributed by atoms with Gasteiger partial charge in [0.15, 0.2) is 0 Å². The average molecular weight is 501 g/mol. The second-order valence-electron chi connectivity index (χ2n) is 13.6. The van der Waals surface area contributed by atoms with Crippen molar-refractivity contribution < 1.29 is 15.0 Å². The van der Waals surface area contributed by atoms with Crippen molar-refractivity contribution in [2.24, 2.45) is 52.1 Å². The van der Waals surface area contributed by atoms with Gasteiger partial charge in [0.1, 0.15) is 6.04 Å². The van der Waals surface area contributed by atoms with Gasteiger partial charge in [0, 0.05) is 19.2 Å². The maximum Gasteiger partial charge on any atom is 0.320 e. The smallest absolute Gasteiger partial charge is 0.320 e. The first-order chi connectivity index (χ1) is 17.1. The Morgan fingerprint density at radius 2 is 1.89 bits per heavy atom. The normalized spacial score (nSPS) is 41.7. The van der Waals surface area contributed by atoms with Crippen molar-refractivity contribution in [3.63, 3.8) is 0 Å². The van der Waals surface area contributed by atoms with E-state index in [9.17, 15) is 9.90 Å². The van der Waals surface area contributed by atoms with Gasteiger partial charge in [-0.1, -0.05) is 26.0 Å². The Bertz CT molecular complexity index is 935. The van der Waals surface area contributed by atoms with E-state index in [-0.39, 0.29) is 12.5 Å². The Kier molecular flexibility index (Phi) is 7.27. The molecule has 4 N–H and O–H groups in total. The van der Waals surface area contributed by atoms with E-state index in [0.717, 1.165) is 55.4 Å². The highest BCUT2D eigenvalue weighted by atomic mass is 16.4. The summed E-state index contributed by atoms with van der Waals surface area (Å²) in [5.74, 6) is 3.88. The van der Waals surface area contributed by atoms with Gasteiger partial charge in [-0.05, 0) is 117 Å². The monoisotopic (exact) mass is 500 g/mol. The molecule has 202 valence electrons. The maximum absolute atomic E-state index is 11.0. The molecule has 0 radical (unpaired) electrons. The first-order valence-electron chi connectivity index (χ1n) is 14.7. The number of aryl methyl sites for hydroxylation is 1. The molecule has 1 heterocycles. The molecule has 0 aromatic carbocycles. The summed E-state index contributed by atoms with van der Waals surface area (Å²) in [6, 6.07) is -0.927. The Balaban J connectivity index is 1.17. The summed E-state index contributed by atoms with van der Waals surface area (Å²) in [5, 5.41) is 27.6. The number of aromatic nitrogens is 3. The average Bonchev–Trinajstić information content (AvgIpc) is 3.42. The first-order valence-corrected chi connectivity index (χ1v) is 14.7. The van der Waals surface area contributed by atoms with Crippen molar-refractivity contribution >= 4 is 5.97 Å². The van der Waals surface area contributed by atoms with Crippen LogP contribution in [0.25, 0.3) is 0 Å². The number of aliphatic hydroxyl groups is 1. The molecule has 5 rings (SSSR count). The van der Waals surface area contributed by atoms with Crippen LogP contribution in [0.3, 0.4) is 0 Å². The summed E-state index contributed by atoms with van der Waals surface area (Å²) in [6.07, 6.45) is 15.8. The predicted octanol–water partition coefficient (Wildman–Crippen LogP) is 4.67. The molecule has 7 nitrogen and oxygen atoms in total. The van der Waals surface area contributed by atoms with Gasteiger partial charge in [-0.3, -0.25) is 9.48 Å². The van der Waals surface area contributed by atoms with E-state index in [0.29, 0.717) is 22.4 Å².